The Hall–Kier alpha value is -3.49. The number of carbonyl (C=O) groups is 3. The summed E-state index contributed by atoms with van der Waals surface area (Å²) in [6, 6.07) is 12.7. The van der Waals surface area contributed by atoms with Crippen LogP contribution in [0.4, 0.5) is 13.6 Å². The van der Waals surface area contributed by atoms with E-state index in [-0.39, 0.29) is 25.5 Å². The molecule has 2 N–H and O–H groups in total. The highest BCUT2D eigenvalue weighted by Crippen LogP contribution is 2.44. The van der Waals surface area contributed by atoms with E-state index in [2.05, 4.69) is 5.32 Å². The van der Waals surface area contributed by atoms with E-state index in [1.807, 2.05) is 48.5 Å². The van der Waals surface area contributed by atoms with E-state index < -0.39 is 42.9 Å². The van der Waals surface area contributed by atoms with Crippen LogP contribution in [-0.2, 0) is 14.3 Å². The molecule has 7 nitrogen and oxygen atoms in total. The topological polar surface area (TPSA) is 95.9 Å². The van der Waals surface area contributed by atoms with Gasteiger partial charge in [-0.25, -0.2) is 18.4 Å². The number of alkyl halides is 2. The summed E-state index contributed by atoms with van der Waals surface area (Å²) in [5, 5.41) is 11.6. The molecule has 2 aromatic carbocycles. The van der Waals surface area contributed by atoms with Gasteiger partial charge in [0.25, 0.3) is 6.43 Å². The van der Waals surface area contributed by atoms with Crippen LogP contribution >= 0.6 is 0 Å². The quantitative estimate of drug-likeness (QED) is 0.605. The van der Waals surface area contributed by atoms with Crippen LogP contribution in [0.1, 0.15) is 49.1 Å². The van der Waals surface area contributed by atoms with Crippen molar-refractivity contribution in [1.29, 1.82) is 0 Å². The van der Waals surface area contributed by atoms with Crippen molar-refractivity contribution in [2.75, 3.05) is 13.2 Å². The van der Waals surface area contributed by atoms with E-state index in [9.17, 15) is 28.3 Å². The highest BCUT2D eigenvalue weighted by molar-refractivity contribution is 5.84. The molecule has 186 valence electrons. The number of nitrogens with zero attached hydrogens (tertiary/aromatic N) is 1. The lowest BCUT2D eigenvalue weighted by Crippen LogP contribution is -2.49. The van der Waals surface area contributed by atoms with E-state index in [1.165, 1.54) is 0 Å². The molecule has 2 aromatic rings. The molecule has 0 saturated carbocycles. The number of hydrogen-bond donors (Lipinski definition) is 2. The summed E-state index contributed by atoms with van der Waals surface area (Å²) >= 11 is 0. The second-order valence-corrected chi connectivity index (χ2v) is 8.91. The number of nitrogens with one attached hydrogen (secondary N) is 1. The Morgan fingerprint density at radius 2 is 1.63 bits per heavy atom. The summed E-state index contributed by atoms with van der Waals surface area (Å²) in [7, 11) is 0. The average Bonchev–Trinajstić information content (AvgIpc) is 2.97. The maximum absolute atomic E-state index is 13.7. The Bertz CT molecular complexity index is 1050. The highest BCUT2D eigenvalue weighted by Gasteiger charge is 2.35. The number of likely N-dealkylation sites (tertiary alicyclic amines) is 1. The molecule has 2 aliphatic rings. The number of rotatable bonds is 7. The molecule has 2 unspecified atom stereocenters. The van der Waals surface area contributed by atoms with E-state index in [0.717, 1.165) is 33.6 Å². The molecule has 4 rings (SSSR count). The second kappa shape index (κ2) is 10.8. The van der Waals surface area contributed by atoms with Gasteiger partial charge in [-0.3, -0.25) is 4.79 Å². The molecule has 1 aliphatic heterocycles. The van der Waals surface area contributed by atoms with Gasteiger partial charge in [-0.15, -0.1) is 0 Å². The number of halogens is 2. The Balaban J connectivity index is 1.39. The summed E-state index contributed by atoms with van der Waals surface area (Å²) in [5.74, 6) is -2.10. The van der Waals surface area contributed by atoms with Crippen molar-refractivity contribution in [3.8, 4) is 11.1 Å². The summed E-state index contributed by atoms with van der Waals surface area (Å²) in [6.07, 6.45) is -2.47. The molecule has 0 radical (unpaired) electrons. The number of carboxylic acid groups (broad SMARTS) is 1. The van der Waals surface area contributed by atoms with E-state index in [1.54, 1.807) is 0 Å². The zero-order valence-corrected chi connectivity index (χ0v) is 19.2. The van der Waals surface area contributed by atoms with Crippen molar-refractivity contribution in [3.63, 3.8) is 0 Å². The van der Waals surface area contributed by atoms with Crippen molar-refractivity contribution in [2.45, 2.75) is 56.5 Å². The van der Waals surface area contributed by atoms with Crippen LogP contribution in [0.25, 0.3) is 11.1 Å². The lowest BCUT2D eigenvalue weighted by Gasteiger charge is -2.28. The molecule has 2 atom stereocenters. The van der Waals surface area contributed by atoms with E-state index in [0.29, 0.717) is 12.8 Å². The van der Waals surface area contributed by atoms with Gasteiger partial charge in [-0.05, 0) is 35.1 Å². The lowest BCUT2D eigenvalue weighted by molar-refractivity contribution is -0.150. The zero-order chi connectivity index (χ0) is 24.9. The van der Waals surface area contributed by atoms with Crippen LogP contribution in [0.15, 0.2) is 48.5 Å². The van der Waals surface area contributed by atoms with Crippen molar-refractivity contribution in [1.82, 2.24) is 10.2 Å². The molecule has 1 aliphatic carbocycles. The van der Waals surface area contributed by atoms with Crippen LogP contribution in [0, 0.1) is 0 Å². The molecular formula is C26H28F2N2O5. The van der Waals surface area contributed by atoms with Gasteiger partial charge in [0.1, 0.15) is 18.7 Å². The van der Waals surface area contributed by atoms with Crippen LogP contribution < -0.4 is 5.32 Å². The van der Waals surface area contributed by atoms with Gasteiger partial charge in [0.15, 0.2) is 0 Å². The van der Waals surface area contributed by atoms with Gasteiger partial charge in [-0.1, -0.05) is 61.4 Å². The summed E-state index contributed by atoms with van der Waals surface area (Å²) in [4.78, 5) is 37.9. The first kappa shape index (κ1) is 24.6. The van der Waals surface area contributed by atoms with Crippen molar-refractivity contribution >= 4 is 18.0 Å². The van der Waals surface area contributed by atoms with Gasteiger partial charge in [0, 0.05) is 12.5 Å². The standard InChI is InChI=1S/C26H28F2N2O5/c27-24(28)21(14-23(31)30-13-7-1-2-12-22(30)25(32)33)29-26(34)35-15-20-18-10-5-3-8-16(18)17-9-4-6-11-19(17)20/h3-6,8-11,20-22,24H,1-2,7,12-15H2,(H,29,34)(H,32,33). The molecule has 1 fully saturated rings. The average molecular weight is 487 g/mol. The molecule has 2 amide bonds. The minimum atomic E-state index is -3.02. The van der Waals surface area contributed by atoms with E-state index >= 15 is 0 Å². The number of ether oxygens (including phenoxy) is 1. The van der Waals surface area contributed by atoms with Crippen molar-refractivity contribution in [3.05, 3.63) is 59.7 Å². The van der Waals surface area contributed by atoms with Gasteiger partial charge in [0.05, 0.1) is 6.42 Å². The molecule has 0 aromatic heterocycles. The monoisotopic (exact) mass is 486 g/mol. The number of benzene rings is 2. The summed E-state index contributed by atoms with van der Waals surface area (Å²) < 4.78 is 32.7. The van der Waals surface area contributed by atoms with Gasteiger partial charge < -0.3 is 20.1 Å². The maximum Gasteiger partial charge on any atom is 0.407 e. The Labute approximate surface area is 202 Å². The van der Waals surface area contributed by atoms with Gasteiger partial charge >= 0.3 is 12.1 Å². The van der Waals surface area contributed by atoms with Crippen LogP contribution in [0.5, 0.6) is 0 Å². The molecule has 1 heterocycles. The lowest BCUT2D eigenvalue weighted by atomic mass is 9.98. The van der Waals surface area contributed by atoms with E-state index in [4.69, 9.17) is 4.74 Å². The molecule has 0 spiro atoms. The second-order valence-electron chi connectivity index (χ2n) is 8.91. The normalized spacial score (nSPS) is 18.4. The van der Waals surface area contributed by atoms with Crippen LogP contribution in [0.2, 0.25) is 0 Å². The third kappa shape index (κ3) is 5.44. The first-order chi connectivity index (χ1) is 16.9. The fourth-order valence-electron chi connectivity index (χ4n) is 4.96. The maximum atomic E-state index is 13.7. The number of amides is 2. The number of aliphatic carboxylic acids is 1. The van der Waals surface area contributed by atoms with Crippen LogP contribution in [-0.4, -0.2) is 59.6 Å². The van der Waals surface area contributed by atoms with Gasteiger partial charge in [0.2, 0.25) is 5.91 Å². The number of alkyl carbamates (subject to hydrolysis) is 1. The third-order valence-electron chi connectivity index (χ3n) is 6.70. The minimum Gasteiger partial charge on any atom is -0.480 e. The fourth-order valence-corrected chi connectivity index (χ4v) is 4.96. The molecule has 35 heavy (non-hydrogen) atoms. The predicted octanol–water partition coefficient (Wildman–Crippen LogP) is 4.40. The number of fused-ring (bicyclic) bond motifs is 3. The largest absolute Gasteiger partial charge is 0.480 e. The molecular weight excluding hydrogens is 458 g/mol. The minimum absolute atomic E-state index is 0.0447. The predicted molar refractivity (Wildman–Crippen MR) is 124 cm³/mol. The smallest absolute Gasteiger partial charge is 0.407 e. The van der Waals surface area contributed by atoms with Crippen LogP contribution in [0.3, 0.4) is 0 Å². The number of carbonyl (C=O) groups excluding carboxylic acids is 2. The summed E-state index contributed by atoms with van der Waals surface area (Å²) in [6.45, 7) is 0.147. The highest BCUT2D eigenvalue weighted by atomic mass is 19.3. The third-order valence-corrected chi connectivity index (χ3v) is 6.70. The number of hydrogen-bond acceptors (Lipinski definition) is 4. The summed E-state index contributed by atoms with van der Waals surface area (Å²) in [5.41, 5.74) is 4.06. The molecule has 0 bridgehead atoms. The first-order valence-electron chi connectivity index (χ1n) is 11.8. The fraction of sp³-hybridized carbons (Fsp3) is 0.423. The Morgan fingerprint density at radius 3 is 2.23 bits per heavy atom. The SMILES string of the molecule is O=C(NC(CC(=O)N1CCCCCC1C(=O)O)C(F)F)OCC1c2ccccc2-c2ccccc21. The zero-order valence-electron chi connectivity index (χ0n) is 19.2. The van der Waals surface area contributed by atoms with Gasteiger partial charge in [-0.2, -0.15) is 0 Å². The number of carboxylic acids is 1. The molecule has 1 saturated heterocycles. The van der Waals surface area contributed by atoms with Crippen molar-refractivity contribution in [2.24, 2.45) is 0 Å². The Morgan fingerprint density at radius 1 is 1.00 bits per heavy atom. The molecule has 9 heteroatoms. The Kier molecular flexibility index (Phi) is 7.63. The van der Waals surface area contributed by atoms with Crippen molar-refractivity contribution < 1.29 is 33.0 Å². The first-order valence-corrected chi connectivity index (χ1v) is 11.8.